The Balaban J connectivity index is 1.85. The van der Waals surface area contributed by atoms with Crippen LogP contribution in [0, 0.1) is 11.6 Å². The number of morpholine rings is 1. The second-order valence-electron chi connectivity index (χ2n) is 4.37. The Labute approximate surface area is 108 Å². The molecule has 0 saturated carbocycles. The Hall–Kier alpha value is -1.79. The summed E-state index contributed by atoms with van der Waals surface area (Å²) in [6, 6.07) is 3.76. The molecule has 4 nitrogen and oxygen atoms in total. The normalized spacial score (nSPS) is 19.6. The van der Waals surface area contributed by atoms with E-state index in [0.29, 0.717) is 30.2 Å². The van der Waals surface area contributed by atoms with Gasteiger partial charge in [-0.15, -0.1) is 0 Å². The Morgan fingerprint density at radius 2 is 2.16 bits per heavy atom. The summed E-state index contributed by atoms with van der Waals surface area (Å²) >= 11 is 0. The summed E-state index contributed by atoms with van der Waals surface area (Å²) < 4.78 is 31.6. The Morgan fingerprint density at radius 3 is 2.89 bits per heavy atom. The van der Waals surface area contributed by atoms with Crippen LogP contribution in [0.25, 0.3) is 11.3 Å². The van der Waals surface area contributed by atoms with E-state index in [0.717, 1.165) is 18.7 Å². The van der Waals surface area contributed by atoms with Crippen LogP contribution in [0.1, 0.15) is 11.9 Å². The lowest BCUT2D eigenvalue weighted by Crippen LogP contribution is -2.33. The van der Waals surface area contributed by atoms with E-state index in [-0.39, 0.29) is 6.10 Å². The third-order valence-corrected chi connectivity index (χ3v) is 3.06. The summed E-state index contributed by atoms with van der Waals surface area (Å²) in [7, 11) is 0. The Kier molecular flexibility index (Phi) is 3.27. The molecule has 1 saturated heterocycles. The molecule has 0 radical (unpaired) electrons. The average molecular weight is 265 g/mol. The van der Waals surface area contributed by atoms with Gasteiger partial charge in [0.15, 0.2) is 11.6 Å². The van der Waals surface area contributed by atoms with Crippen LogP contribution in [0.4, 0.5) is 8.78 Å². The molecule has 1 aromatic carbocycles. The molecule has 0 spiro atoms. The van der Waals surface area contributed by atoms with Gasteiger partial charge in [0.2, 0.25) is 0 Å². The van der Waals surface area contributed by atoms with Crippen LogP contribution in [0.5, 0.6) is 0 Å². The third-order valence-electron chi connectivity index (χ3n) is 3.06. The minimum atomic E-state index is -0.871. The maximum Gasteiger partial charge on any atom is 0.159 e. The van der Waals surface area contributed by atoms with Crippen molar-refractivity contribution in [2.75, 3.05) is 19.7 Å². The van der Waals surface area contributed by atoms with Crippen molar-refractivity contribution in [2.45, 2.75) is 6.10 Å². The number of nitrogens with one attached hydrogen (secondary N) is 2. The number of hydrogen-bond donors (Lipinski definition) is 2. The smallest absolute Gasteiger partial charge is 0.159 e. The summed E-state index contributed by atoms with van der Waals surface area (Å²) in [4.78, 5) is 7.31. The molecule has 0 bridgehead atoms. The second kappa shape index (κ2) is 5.07. The van der Waals surface area contributed by atoms with Gasteiger partial charge in [-0.1, -0.05) is 0 Å². The van der Waals surface area contributed by atoms with Crippen LogP contribution in [-0.2, 0) is 4.74 Å². The van der Waals surface area contributed by atoms with Crippen molar-refractivity contribution in [1.82, 2.24) is 15.3 Å². The predicted molar refractivity (Wildman–Crippen MR) is 65.5 cm³/mol. The van der Waals surface area contributed by atoms with Gasteiger partial charge in [-0.3, -0.25) is 0 Å². The first kappa shape index (κ1) is 12.3. The summed E-state index contributed by atoms with van der Waals surface area (Å²) in [6.07, 6.45) is 1.47. The Morgan fingerprint density at radius 1 is 1.26 bits per heavy atom. The van der Waals surface area contributed by atoms with Crippen LogP contribution < -0.4 is 5.32 Å². The molecule has 2 heterocycles. The van der Waals surface area contributed by atoms with E-state index < -0.39 is 11.6 Å². The molecule has 19 heavy (non-hydrogen) atoms. The minimum absolute atomic E-state index is 0.132. The highest BCUT2D eigenvalue weighted by Gasteiger charge is 2.19. The van der Waals surface area contributed by atoms with E-state index in [2.05, 4.69) is 15.3 Å². The topological polar surface area (TPSA) is 49.9 Å². The minimum Gasteiger partial charge on any atom is -0.368 e. The molecule has 1 fully saturated rings. The van der Waals surface area contributed by atoms with Crippen molar-refractivity contribution < 1.29 is 13.5 Å². The van der Waals surface area contributed by atoms with Crippen molar-refractivity contribution >= 4 is 0 Å². The largest absolute Gasteiger partial charge is 0.368 e. The fourth-order valence-electron chi connectivity index (χ4n) is 2.05. The molecular weight excluding hydrogens is 252 g/mol. The van der Waals surface area contributed by atoms with Gasteiger partial charge in [0.25, 0.3) is 0 Å². The van der Waals surface area contributed by atoms with Crippen LogP contribution >= 0.6 is 0 Å². The average Bonchev–Trinajstić information content (AvgIpc) is 2.93. The van der Waals surface area contributed by atoms with Crippen LogP contribution in [0.3, 0.4) is 0 Å². The van der Waals surface area contributed by atoms with E-state index in [4.69, 9.17) is 4.74 Å². The number of rotatable bonds is 2. The highest BCUT2D eigenvalue weighted by atomic mass is 19.2. The lowest BCUT2D eigenvalue weighted by molar-refractivity contribution is 0.0227. The second-order valence-corrected chi connectivity index (χ2v) is 4.37. The number of hydrogen-bond acceptors (Lipinski definition) is 3. The lowest BCUT2D eigenvalue weighted by atomic mass is 10.1. The van der Waals surface area contributed by atoms with Gasteiger partial charge >= 0.3 is 0 Å². The van der Waals surface area contributed by atoms with Crippen molar-refractivity contribution in [3.63, 3.8) is 0 Å². The number of aromatic amines is 1. The first-order valence-electron chi connectivity index (χ1n) is 6.06. The Bertz CT molecular complexity index is 579. The molecule has 1 aliphatic heterocycles. The van der Waals surface area contributed by atoms with Crippen LogP contribution in [-0.4, -0.2) is 29.7 Å². The monoisotopic (exact) mass is 265 g/mol. The molecule has 3 rings (SSSR count). The summed E-state index contributed by atoms with van der Waals surface area (Å²) in [5.74, 6) is -1.04. The lowest BCUT2D eigenvalue weighted by Gasteiger charge is -2.21. The maximum absolute atomic E-state index is 13.2. The number of benzene rings is 1. The molecule has 1 aromatic heterocycles. The third kappa shape index (κ3) is 2.50. The van der Waals surface area contributed by atoms with E-state index in [1.807, 2.05) is 0 Å². The zero-order chi connectivity index (χ0) is 13.2. The molecule has 6 heteroatoms. The molecule has 100 valence electrons. The summed E-state index contributed by atoms with van der Waals surface area (Å²) in [5.41, 5.74) is 1.20. The zero-order valence-electron chi connectivity index (χ0n) is 10.1. The fourth-order valence-corrected chi connectivity index (χ4v) is 2.05. The van der Waals surface area contributed by atoms with E-state index in [1.165, 1.54) is 6.07 Å². The SMILES string of the molecule is Fc1ccc(-c2cnc(C3CNCCO3)[nH]2)cc1F. The number of imidazole rings is 1. The maximum atomic E-state index is 13.2. The quantitative estimate of drug-likeness (QED) is 0.873. The summed E-state index contributed by atoms with van der Waals surface area (Å²) in [5, 5.41) is 3.20. The number of H-pyrrole nitrogens is 1. The van der Waals surface area contributed by atoms with Crippen molar-refractivity contribution in [1.29, 1.82) is 0 Å². The van der Waals surface area contributed by atoms with Gasteiger partial charge < -0.3 is 15.0 Å². The van der Waals surface area contributed by atoms with Gasteiger partial charge in [-0.05, 0) is 18.2 Å². The fraction of sp³-hybridized carbons (Fsp3) is 0.308. The van der Waals surface area contributed by atoms with Crippen LogP contribution in [0.15, 0.2) is 24.4 Å². The zero-order valence-corrected chi connectivity index (χ0v) is 10.1. The first-order chi connectivity index (χ1) is 9.24. The summed E-state index contributed by atoms with van der Waals surface area (Å²) in [6.45, 7) is 2.14. The van der Waals surface area contributed by atoms with Gasteiger partial charge in [0.1, 0.15) is 11.9 Å². The van der Waals surface area contributed by atoms with E-state index in [9.17, 15) is 8.78 Å². The van der Waals surface area contributed by atoms with Gasteiger partial charge in [-0.2, -0.15) is 0 Å². The number of nitrogens with zero attached hydrogens (tertiary/aromatic N) is 1. The van der Waals surface area contributed by atoms with Crippen molar-refractivity contribution in [3.8, 4) is 11.3 Å². The predicted octanol–water partition coefficient (Wildman–Crippen LogP) is 2.02. The molecule has 1 unspecified atom stereocenters. The van der Waals surface area contributed by atoms with E-state index >= 15 is 0 Å². The first-order valence-corrected chi connectivity index (χ1v) is 6.06. The number of aromatic nitrogens is 2. The van der Waals surface area contributed by atoms with Gasteiger partial charge in [-0.25, -0.2) is 13.8 Å². The number of halogens is 2. The molecule has 1 atom stereocenters. The highest BCUT2D eigenvalue weighted by molar-refractivity contribution is 5.58. The highest BCUT2D eigenvalue weighted by Crippen LogP contribution is 2.23. The molecular formula is C13H13F2N3O. The standard InChI is InChI=1S/C13H13F2N3O/c14-9-2-1-8(5-10(9)15)11-6-17-13(18-11)12-7-16-3-4-19-12/h1-2,5-6,12,16H,3-4,7H2,(H,17,18). The molecule has 0 aliphatic carbocycles. The molecule has 1 aliphatic rings. The molecule has 2 N–H and O–H groups in total. The van der Waals surface area contributed by atoms with E-state index in [1.54, 1.807) is 6.20 Å². The van der Waals surface area contributed by atoms with Crippen molar-refractivity contribution in [3.05, 3.63) is 41.9 Å². The van der Waals surface area contributed by atoms with Gasteiger partial charge in [0.05, 0.1) is 18.5 Å². The van der Waals surface area contributed by atoms with Crippen LogP contribution in [0.2, 0.25) is 0 Å². The van der Waals surface area contributed by atoms with Crippen molar-refractivity contribution in [2.24, 2.45) is 0 Å². The molecule has 2 aromatic rings. The van der Waals surface area contributed by atoms with Gasteiger partial charge in [0, 0.05) is 18.7 Å². The molecule has 0 amide bonds. The number of ether oxygens (including phenoxy) is 1.